The molecule has 3 rings (SSSR count). The first-order valence-corrected chi connectivity index (χ1v) is 5.72. The molecule has 1 heterocycles. The summed E-state index contributed by atoms with van der Waals surface area (Å²) in [5.74, 6) is 0.754. The molecule has 0 spiro atoms. The van der Waals surface area contributed by atoms with Gasteiger partial charge in [-0.25, -0.2) is 4.98 Å². The Morgan fingerprint density at radius 3 is 2.56 bits per heavy atom. The largest absolute Gasteiger partial charge is 0.383 e. The Hall–Kier alpha value is -1.48. The molecule has 1 aliphatic rings. The number of aromatic nitrogens is 2. The van der Waals surface area contributed by atoms with Crippen LogP contribution in [0, 0.1) is 0 Å². The van der Waals surface area contributed by atoms with Gasteiger partial charge in [0.25, 0.3) is 0 Å². The standard InChI is InChI=1S/C12H12ClN3/c13-9-3-1-8(2-4-9)11-12(14)16(7-15-11)10-5-6-10/h1-4,7,10H,5-6,14H2. The van der Waals surface area contributed by atoms with E-state index in [0.29, 0.717) is 6.04 Å². The summed E-state index contributed by atoms with van der Waals surface area (Å²) in [6, 6.07) is 8.16. The fourth-order valence-corrected chi connectivity index (χ4v) is 1.97. The molecule has 1 saturated carbocycles. The molecule has 82 valence electrons. The Bertz CT molecular complexity index is 512. The third-order valence-electron chi connectivity index (χ3n) is 2.89. The Morgan fingerprint density at radius 1 is 1.25 bits per heavy atom. The van der Waals surface area contributed by atoms with E-state index in [-0.39, 0.29) is 0 Å². The first-order valence-electron chi connectivity index (χ1n) is 5.34. The molecule has 1 aliphatic carbocycles. The van der Waals surface area contributed by atoms with E-state index in [0.717, 1.165) is 22.1 Å². The molecule has 16 heavy (non-hydrogen) atoms. The summed E-state index contributed by atoms with van der Waals surface area (Å²) < 4.78 is 2.06. The lowest BCUT2D eigenvalue weighted by Crippen LogP contribution is -1.99. The Balaban J connectivity index is 2.02. The van der Waals surface area contributed by atoms with Gasteiger partial charge < -0.3 is 10.3 Å². The monoisotopic (exact) mass is 233 g/mol. The topological polar surface area (TPSA) is 43.8 Å². The molecule has 0 bridgehead atoms. The highest BCUT2D eigenvalue weighted by Gasteiger charge is 2.26. The number of rotatable bonds is 2. The van der Waals surface area contributed by atoms with Gasteiger partial charge in [-0.15, -0.1) is 0 Å². The maximum absolute atomic E-state index is 6.08. The van der Waals surface area contributed by atoms with Crippen LogP contribution < -0.4 is 5.73 Å². The Morgan fingerprint density at radius 2 is 1.94 bits per heavy atom. The van der Waals surface area contributed by atoms with E-state index in [1.54, 1.807) is 0 Å². The molecule has 0 saturated heterocycles. The Kier molecular flexibility index (Phi) is 2.14. The molecular weight excluding hydrogens is 222 g/mol. The minimum absolute atomic E-state index is 0.563. The van der Waals surface area contributed by atoms with Crippen LogP contribution in [0.1, 0.15) is 18.9 Å². The predicted octanol–water partition coefficient (Wildman–Crippen LogP) is 3.12. The van der Waals surface area contributed by atoms with E-state index < -0.39 is 0 Å². The van der Waals surface area contributed by atoms with Crippen molar-refractivity contribution in [3.63, 3.8) is 0 Å². The van der Waals surface area contributed by atoms with Crippen molar-refractivity contribution < 1.29 is 0 Å². The number of anilines is 1. The quantitative estimate of drug-likeness (QED) is 0.866. The normalized spacial score (nSPS) is 15.3. The SMILES string of the molecule is Nc1c(-c2ccc(Cl)cc2)ncn1C1CC1. The minimum atomic E-state index is 0.563. The van der Waals surface area contributed by atoms with Crippen molar-refractivity contribution in [3.05, 3.63) is 35.6 Å². The number of nitrogen functional groups attached to an aromatic ring is 1. The maximum atomic E-state index is 6.08. The van der Waals surface area contributed by atoms with Gasteiger partial charge in [0.1, 0.15) is 11.5 Å². The van der Waals surface area contributed by atoms with E-state index in [4.69, 9.17) is 17.3 Å². The van der Waals surface area contributed by atoms with Crippen molar-refractivity contribution >= 4 is 17.4 Å². The lowest BCUT2D eigenvalue weighted by Gasteiger charge is -2.03. The third-order valence-corrected chi connectivity index (χ3v) is 3.14. The number of hydrogen-bond acceptors (Lipinski definition) is 2. The van der Waals surface area contributed by atoms with Crippen molar-refractivity contribution in [2.75, 3.05) is 5.73 Å². The molecular formula is C12H12ClN3. The number of benzene rings is 1. The molecule has 4 heteroatoms. The zero-order valence-corrected chi connectivity index (χ0v) is 9.48. The highest BCUT2D eigenvalue weighted by molar-refractivity contribution is 6.30. The van der Waals surface area contributed by atoms with E-state index >= 15 is 0 Å². The molecule has 0 amide bonds. The lowest BCUT2D eigenvalue weighted by molar-refractivity contribution is 0.751. The molecule has 0 atom stereocenters. The average molecular weight is 234 g/mol. The van der Waals surface area contributed by atoms with Gasteiger partial charge in [0.2, 0.25) is 0 Å². The molecule has 0 unspecified atom stereocenters. The number of nitrogens with two attached hydrogens (primary N) is 1. The highest BCUT2D eigenvalue weighted by atomic mass is 35.5. The first-order chi connectivity index (χ1) is 7.75. The second kappa shape index (κ2) is 3.52. The average Bonchev–Trinajstić information content (AvgIpc) is 3.05. The fourth-order valence-electron chi connectivity index (χ4n) is 1.84. The lowest BCUT2D eigenvalue weighted by atomic mass is 10.1. The van der Waals surface area contributed by atoms with E-state index in [1.165, 1.54) is 12.8 Å². The van der Waals surface area contributed by atoms with Gasteiger partial charge in [-0.1, -0.05) is 23.7 Å². The van der Waals surface area contributed by atoms with Crippen LogP contribution >= 0.6 is 11.6 Å². The van der Waals surface area contributed by atoms with E-state index in [9.17, 15) is 0 Å². The molecule has 1 fully saturated rings. The van der Waals surface area contributed by atoms with Crippen molar-refractivity contribution in [1.82, 2.24) is 9.55 Å². The number of nitrogens with zero attached hydrogens (tertiary/aromatic N) is 2. The predicted molar refractivity (Wildman–Crippen MR) is 65.4 cm³/mol. The van der Waals surface area contributed by atoms with Crippen LogP contribution in [-0.2, 0) is 0 Å². The van der Waals surface area contributed by atoms with Crippen LogP contribution in [0.4, 0.5) is 5.82 Å². The summed E-state index contributed by atoms with van der Waals surface area (Å²) >= 11 is 5.85. The van der Waals surface area contributed by atoms with Gasteiger partial charge >= 0.3 is 0 Å². The summed E-state index contributed by atoms with van der Waals surface area (Å²) in [6.07, 6.45) is 4.25. The van der Waals surface area contributed by atoms with Gasteiger partial charge in [-0.2, -0.15) is 0 Å². The van der Waals surface area contributed by atoms with Crippen LogP contribution in [0.3, 0.4) is 0 Å². The molecule has 0 aliphatic heterocycles. The van der Waals surface area contributed by atoms with E-state index in [2.05, 4.69) is 9.55 Å². The van der Waals surface area contributed by atoms with Crippen molar-refractivity contribution in [2.45, 2.75) is 18.9 Å². The van der Waals surface area contributed by atoms with Gasteiger partial charge in [0.15, 0.2) is 0 Å². The number of halogens is 1. The van der Waals surface area contributed by atoms with Crippen LogP contribution in [0.25, 0.3) is 11.3 Å². The first kappa shape index (κ1) is 9.73. The second-order valence-electron chi connectivity index (χ2n) is 4.12. The summed E-state index contributed by atoms with van der Waals surface area (Å²) in [6.45, 7) is 0. The number of imidazole rings is 1. The molecule has 3 nitrogen and oxygen atoms in total. The van der Waals surface area contributed by atoms with Gasteiger partial charge in [0.05, 0.1) is 6.33 Å². The molecule has 1 aromatic carbocycles. The Labute approximate surface area is 98.9 Å². The smallest absolute Gasteiger partial charge is 0.131 e. The van der Waals surface area contributed by atoms with Crippen LogP contribution in [0.5, 0.6) is 0 Å². The summed E-state index contributed by atoms with van der Waals surface area (Å²) in [5.41, 5.74) is 7.95. The minimum Gasteiger partial charge on any atom is -0.383 e. The van der Waals surface area contributed by atoms with Crippen molar-refractivity contribution in [3.8, 4) is 11.3 Å². The molecule has 1 aromatic heterocycles. The second-order valence-corrected chi connectivity index (χ2v) is 4.56. The molecule has 2 aromatic rings. The summed E-state index contributed by atoms with van der Waals surface area (Å²) in [4.78, 5) is 4.37. The zero-order valence-electron chi connectivity index (χ0n) is 8.73. The van der Waals surface area contributed by atoms with E-state index in [1.807, 2.05) is 30.6 Å². The summed E-state index contributed by atoms with van der Waals surface area (Å²) in [5, 5.41) is 0.726. The molecule has 2 N–H and O–H groups in total. The zero-order chi connectivity index (χ0) is 11.1. The maximum Gasteiger partial charge on any atom is 0.131 e. The molecule has 0 radical (unpaired) electrons. The number of hydrogen-bond donors (Lipinski definition) is 1. The van der Waals surface area contributed by atoms with Gasteiger partial charge in [-0.3, -0.25) is 0 Å². The van der Waals surface area contributed by atoms with Crippen LogP contribution in [-0.4, -0.2) is 9.55 Å². The third kappa shape index (κ3) is 1.57. The fraction of sp³-hybridized carbons (Fsp3) is 0.250. The highest BCUT2D eigenvalue weighted by Crippen LogP contribution is 2.39. The van der Waals surface area contributed by atoms with Crippen LogP contribution in [0.2, 0.25) is 5.02 Å². The van der Waals surface area contributed by atoms with Crippen molar-refractivity contribution in [1.29, 1.82) is 0 Å². The van der Waals surface area contributed by atoms with Gasteiger partial charge in [0, 0.05) is 16.6 Å². The van der Waals surface area contributed by atoms with Crippen LogP contribution in [0.15, 0.2) is 30.6 Å². The van der Waals surface area contributed by atoms with Gasteiger partial charge in [-0.05, 0) is 25.0 Å². The summed E-state index contributed by atoms with van der Waals surface area (Å²) in [7, 11) is 0. The van der Waals surface area contributed by atoms with Crippen molar-refractivity contribution in [2.24, 2.45) is 0 Å².